The van der Waals surface area contributed by atoms with E-state index in [2.05, 4.69) is 4.98 Å². The van der Waals surface area contributed by atoms with Gasteiger partial charge in [-0.25, -0.2) is 0 Å². The molecule has 0 aliphatic rings. The Hall–Kier alpha value is -0.800. The minimum Gasteiger partial charge on any atom is -0.489 e. The van der Waals surface area contributed by atoms with Gasteiger partial charge in [0.1, 0.15) is 12.4 Å². The highest BCUT2D eigenvalue weighted by Gasteiger charge is 1.98. The summed E-state index contributed by atoms with van der Waals surface area (Å²) >= 11 is 5.66. The summed E-state index contributed by atoms with van der Waals surface area (Å²) in [6.45, 7) is 1.90. The number of aliphatic hydroxyl groups excluding tert-OH is 1. The van der Waals surface area contributed by atoms with Crippen molar-refractivity contribution < 1.29 is 9.84 Å². The summed E-state index contributed by atoms with van der Waals surface area (Å²) in [5.41, 5.74) is 0. The predicted molar refractivity (Wildman–Crippen MR) is 46.4 cm³/mol. The van der Waals surface area contributed by atoms with Crippen molar-refractivity contribution in [2.24, 2.45) is 0 Å². The predicted octanol–water partition coefficient (Wildman–Crippen LogP) is 1.49. The number of nitrogens with zero attached hydrogens (tertiary/aromatic N) is 1. The van der Waals surface area contributed by atoms with Gasteiger partial charge in [0.25, 0.3) is 0 Å². The Morgan fingerprint density at radius 2 is 2.42 bits per heavy atom. The Morgan fingerprint density at radius 1 is 1.67 bits per heavy atom. The fraction of sp³-hybridized carbons (Fsp3) is 0.375. The largest absolute Gasteiger partial charge is 0.489 e. The lowest BCUT2D eigenvalue weighted by molar-refractivity contribution is 0.122. The van der Waals surface area contributed by atoms with Gasteiger partial charge in [-0.15, -0.1) is 0 Å². The van der Waals surface area contributed by atoms with Crippen molar-refractivity contribution in [3.8, 4) is 5.75 Å². The molecule has 1 aromatic rings. The third kappa shape index (κ3) is 3.07. The quantitative estimate of drug-likeness (QED) is 0.780. The second kappa shape index (κ2) is 4.28. The number of aliphatic hydroxyl groups is 1. The van der Waals surface area contributed by atoms with Crippen LogP contribution in [0.25, 0.3) is 0 Å². The van der Waals surface area contributed by atoms with Gasteiger partial charge in [0.15, 0.2) is 0 Å². The molecule has 0 aliphatic heterocycles. The van der Waals surface area contributed by atoms with Crippen LogP contribution in [0, 0.1) is 0 Å². The first kappa shape index (κ1) is 9.29. The summed E-state index contributed by atoms with van der Waals surface area (Å²) in [4.78, 5) is 3.82. The van der Waals surface area contributed by atoms with Gasteiger partial charge in [-0.3, -0.25) is 4.98 Å². The van der Waals surface area contributed by atoms with E-state index in [1.54, 1.807) is 19.2 Å². The zero-order valence-corrected chi connectivity index (χ0v) is 7.45. The van der Waals surface area contributed by atoms with Gasteiger partial charge in [0.05, 0.1) is 17.3 Å². The molecule has 0 spiro atoms. The molecule has 0 aromatic carbocycles. The van der Waals surface area contributed by atoms with Crippen LogP contribution < -0.4 is 4.74 Å². The van der Waals surface area contributed by atoms with Gasteiger partial charge < -0.3 is 9.84 Å². The van der Waals surface area contributed by atoms with Crippen molar-refractivity contribution in [3.05, 3.63) is 23.5 Å². The smallest absolute Gasteiger partial charge is 0.139 e. The fourth-order valence-corrected chi connectivity index (χ4v) is 0.852. The minimum absolute atomic E-state index is 0.252. The zero-order chi connectivity index (χ0) is 8.97. The molecule has 3 nitrogen and oxygen atoms in total. The van der Waals surface area contributed by atoms with Gasteiger partial charge in [0, 0.05) is 12.3 Å². The molecule has 1 aromatic heterocycles. The second-order valence-electron chi connectivity index (χ2n) is 2.50. The monoisotopic (exact) mass is 187 g/mol. The molecule has 0 saturated heterocycles. The molecule has 0 fully saturated rings. The van der Waals surface area contributed by atoms with E-state index in [9.17, 15) is 0 Å². The highest BCUT2D eigenvalue weighted by atomic mass is 35.5. The standard InChI is InChI=1S/C8H10ClNO2/c1-6(11)5-12-8-2-7(9)3-10-4-8/h2-4,6,11H,5H2,1H3. The van der Waals surface area contributed by atoms with Crippen molar-refractivity contribution in [2.45, 2.75) is 13.0 Å². The van der Waals surface area contributed by atoms with Crippen LogP contribution in [0.15, 0.2) is 18.5 Å². The summed E-state index contributed by atoms with van der Waals surface area (Å²) in [6.07, 6.45) is 2.59. The lowest BCUT2D eigenvalue weighted by Crippen LogP contribution is -2.12. The first-order valence-electron chi connectivity index (χ1n) is 3.60. The van der Waals surface area contributed by atoms with Crippen LogP contribution in [0.1, 0.15) is 6.92 Å². The third-order valence-electron chi connectivity index (χ3n) is 1.17. The molecule has 0 bridgehead atoms. The van der Waals surface area contributed by atoms with E-state index in [0.717, 1.165) is 0 Å². The van der Waals surface area contributed by atoms with Crippen LogP contribution in [0.5, 0.6) is 5.75 Å². The number of halogens is 1. The number of pyridine rings is 1. The van der Waals surface area contributed by atoms with Crippen LogP contribution in [0.3, 0.4) is 0 Å². The van der Waals surface area contributed by atoms with Gasteiger partial charge in [-0.2, -0.15) is 0 Å². The first-order valence-corrected chi connectivity index (χ1v) is 3.97. The Morgan fingerprint density at radius 3 is 3.00 bits per heavy atom. The normalized spacial score (nSPS) is 12.6. The van der Waals surface area contributed by atoms with Crippen molar-refractivity contribution in [1.82, 2.24) is 4.98 Å². The number of hydrogen-bond acceptors (Lipinski definition) is 3. The molecule has 0 saturated carbocycles. The van der Waals surface area contributed by atoms with Crippen LogP contribution in [0.2, 0.25) is 5.02 Å². The Kier molecular flexibility index (Phi) is 3.31. The van der Waals surface area contributed by atoms with E-state index >= 15 is 0 Å². The van der Waals surface area contributed by atoms with Crippen LogP contribution in [-0.4, -0.2) is 22.8 Å². The molecule has 0 amide bonds. The molecule has 1 unspecified atom stereocenters. The molecule has 1 atom stereocenters. The van der Waals surface area contributed by atoms with Gasteiger partial charge >= 0.3 is 0 Å². The summed E-state index contributed by atoms with van der Waals surface area (Å²) in [6, 6.07) is 1.65. The first-order chi connectivity index (χ1) is 5.68. The van der Waals surface area contributed by atoms with Gasteiger partial charge in [0.2, 0.25) is 0 Å². The number of rotatable bonds is 3. The third-order valence-corrected chi connectivity index (χ3v) is 1.38. The topological polar surface area (TPSA) is 42.4 Å². The molecule has 0 aliphatic carbocycles. The van der Waals surface area contributed by atoms with E-state index in [1.165, 1.54) is 6.20 Å². The second-order valence-corrected chi connectivity index (χ2v) is 2.94. The van der Waals surface area contributed by atoms with E-state index in [1.807, 2.05) is 0 Å². The average molecular weight is 188 g/mol. The zero-order valence-electron chi connectivity index (χ0n) is 6.70. The summed E-state index contributed by atoms with van der Waals surface area (Å²) in [5, 5.41) is 9.43. The summed E-state index contributed by atoms with van der Waals surface area (Å²) in [5.74, 6) is 0.573. The van der Waals surface area contributed by atoms with Gasteiger partial charge in [-0.1, -0.05) is 11.6 Å². The van der Waals surface area contributed by atoms with Crippen molar-refractivity contribution in [1.29, 1.82) is 0 Å². The van der Waals surface area contributed by atoms with Crippen molar-refractivity contribution in [2.75, 3.05) is 6.61 Å². The number of aromatic nitrogens is 1. The lowest BCUT2D eigenvalue weighted by atomic mass is 10.4. The Balaban J connectivity index is 2.52. The highest BCUT2D eigenvalue weighted by molar-refractivity contribution is 6.30. The molecular weight excluding hydrogens is 178 g/mol. The van der Waals surface area contributed by atoms with Gasteiger partial charge in [-0.05, 0) is 6.92 Å². The van der Waals surface area contributed by atoms with E-state index < -0.39 is 6.10 Å². The minimum atomic E-state index is -0.482. The highest BCUT2D eigenvalue weighted by Crippen LogP contribution is 2.14. The van der Waals surface area contributed by atoms with Crippen molar-refractivity contribution in [3.63, 3.8) is 0 Å². The average Bonchev–Trinajstić information content (AvgIpc) is 2.01. The maximum atomic E-state index is 8.90. The maximum absolute atomic E-state index is 8.90. The SMILES string of the molecule is CC(O)COc1cncc(Cl)c1. The Labute approximate surface area is 76.0 Å². The number of ether oxygens (including phenoxy) is 1. The maximum Gasteiger partial charge on any atom is 0.139 e. The number of hydrogen-bond donors (Lipinski definition) is 1. The molecule has 66 valence electrons. The van der Waals surface area contributed by atoms with Crippen LogP contribution >= 0.6 is 11.6 Å². The molecule has 1 heterocycles. The lowest BCUT2D eigenvalue weighted by Gasteiger charge is -2.06. The molecule has 12 heavy (non-hydrogen) atoms. The summed E-state index contributed by atoms with van der Waals surface area (Å²) < 4.78 is 5.15. The van der Waals surface area contributed by atoms with Crippen LogP contribution in [0.4, 0.5) is 0 Å². The van der Waals surface area contributed by atoms with Crippen molar-refractivity contribution >= 4 is 11.6 Å². The summed E-state index contributed by atoms with van der Waals surface area (Å²) in [7, 11) is 0. The Bertz CT molecular complexity index is 253. The fourth-order valence-electron chi connectivity index (χ4n) is 0.688. The van der Waals surface area contributed by atoms with E-state index in [-0.39, 0.29) is 6.61 Å². The molecule has 1 N–H and O–H groups in total. The molecule has 0 radical (unpaired) electrons. The molecular formula is C8H10ClNO2. The molecule has 1 rings (SSSR count). The van der Waals surface area contributed by atoms with E-state index in [4.69, 9.17) is 21.4 Å². The van der Waals surface area contributed by atoms with Crippen LogP contribution in [-0.2, 0) is 0 Å². The molecule has 4 heteroatoms. The van der Waals surface area contributed by atoms with E-state index in [0.29, 0.717) is 10.8 Å².